The first-order chi connectivity index (χ1) is 15.4. The van der Waals surface area contributed by atoms with Gasteiger partial charge >= 0.3 is 0 Å². The molecule has 0 bridgehead atoms. The van der Waals surface area contributed by atoms with Gasteiger partial charge in [0.15, 0.2) is 5.76 Å². The molecule has 3 aliphatic rings. The fourth-order valence-electron chi connectivity index (χ4n) is 3.88. The summed E-state index contributed by atoms with van der Waals surface area (Å²) in [5.41, 5.74) is 2.35. The van der Waals surface area contributed by atoms with Crippen LogP contribution in [-0.2, 0) is 4.74 Å². The molecular weight excluding hydrogens is 406 g/mol. The van der Waals surface area contributed by atoms with Gasteiger partial charge < -0.3 is 9.47 Å². The number of benzene rings is 1. The number of thiophene rings is 1. The van der Waals surface area contributed by atoms with Crippen LogP contribution < -0.4 is 4.74 Å². The number of hydrogen-bond donors (Lipinski definition) is 0. The van der Waals surface area contributed by atoms with E-state index in [1.165, 1.54) is 0 Å². The Bertz CT molecular complexity index is 1150. The second-order valence-corrected chi connectivity index (χ2v) is 7.96. The van der Waals surface area contributed by atoms with Crippen LogP contribution in [0.2, 0.25) is 0 Å². The minimum absolute atomic E-state index is 0.406. The Hall–Kier alpha value is -3.24. The molecule has 154 valence electrons. The molecule has 1 unspecified atom stereocenters. The van der Waals surface area contributed by atoms with E-state index in [-0.39, 0.29) is 0 Å². The fraction of sp³-hybridized carbons (Fsp3) is 0.200. The Morgan fingerprint density at radius 1 is 1.16 bits per heavy atom. The second-order valence-electron chi connectivity index (χ2n) is 7.18. The highest BCUT2D eigenvalue weighted by molar-refractivity contribution is 7.08. The topological polar surface area (TPSA) is 46.4 Å². The average molecular weight is 428 g/mol. The van der Waals surface area contributed by atoms with Crippen molar-refractivity contribution >= 4 is 23.3 Å². The number of para-hydroxylation sites is 1. The summed E-state index contributed by atoms with van der Waals surface area (Å²) < 4.78 is 12.0. The molecule has 0 N–H and O–H groups in total. The molecule has 0 saturated carbocycles. The summed E-state index contributed by atoms with van der Waals surface area (Å²) in [6.45, 7) is 2.24. The highest BCUT2D eigenvalue weighted by Gasteiger charge is 2.50. The molecular formula is C25H21N3O2S. The molecule has 2 aromatic rings. The van der Waals surface area contributed by atoms with Gasteiger partial charge in [-0.15, -0.1) is 0 Å². The number of rotatable bonds is 6. The van der Waals surface area contributed by atoms with Gasteiger partial charge in [0, 0.05) is 23.7 Å². The van der Waals surface area contributed by atoms with E-state index >= 15 is 0 Å². The van der Waals surface area contributed by atoms with Crippen molar-refractivity contribution in [3.63, 3.8) is 0 Å². The van der Waals surface area contributed by atoms with E-state index in [1.807, 2.05) is 71.6 Å². The molecule has 0 amide bonds. The lowest BCUT2D eigenvalue weighted by molar-refractivity contribution is 0.117. The van der Waals surface area contributed by atoms with Crippen molar-refractivity contribution < 1.29 is 9.47 Å². The molecule has 1 atom stereocenters. The molecule has 6 heteroatoms. The van der Waals surface area contributed by atoms with Crippen molar-refractivity contribution in [1.29, 1.82) is 0 Å². The van der Waals surface area contributed by atoms with Crippen LogP contribution in [0, 0.1) is 11.8 Å². The van der Waals surface area contributed by atoms with Crippen LogP contribution in [0.4, 0.5) is 0 Å². The van der Waals surface area contributed by atoms with Gasteiger partial charge in [-0.3, -0.25) is 14.9 Å². The predicted molar refractivity (Wildman–Crippen MR) is 125 cm³/mol. The molecule has 5 rings (SSSR count). The first-order valence-electron chi connectivity index (χ1n) is 10.1. The minimum Gasteiger partial charge on any atom is -0.455 e. The van der Waals surface area contributed by atoms with Gasteiger partial charge in [0.1, 0.15) is 23.6 Å². The normalized spacial score (nSPS) is 21.4. The van der Waals surface area contributed by atoms with Crippen molar-refractivity contribution in [2.45, 2.75) is 5.54 Å². The van der Waals surface area contributed by atoms with E-state index in [4.69, 9.17) is 14.5 Å². The van der Waals surface area contributed by atoms with Gasteiger partial charge in [0.25, 0.3) is 0 Å². The van der Waals surface area contributed by atoms with E-state index in [1.54, 1.807) is 11.3 Å². The van der Waals surface area contributed by atoms with Crippen LogP contribution in [0.15, 0.2) is 92.9 Å². The zero-order valence-electron chi connectivity index (χ0n) is 16.9. The monoisotopic (exact) mass is 427 g/mol. The van der Waals surface area contributed by atoms with Crippen molar-refractivity contribution in [3.8, 4) is 17.6 Å². The van der Waals surface area contributed by atoms with Crippen molar-refractivity contribution in [1.82, 2.24) is 4.90 Å². The maximum atomic E-state index is 6.18. The first-order valence-corrected chi connectivity index (χ1v) is 11.1. The van der Waals surface area contributed by atoms with Crippen LogP contribution in [0.1, 0.15) is 5.56 Å². The van der Waals surface area contributed by atoms with Gasteiger partial charge in [-0.1, -0.05) is 36.1 Å². The third-order valence-corrected chi connectivity index (χ3v) is 6.00. The van der Waals surface area contributed by atoms with Crippen LogP contribution in [0.3, 0.4) is 0 Å². The third kappa shape index (κ3) is 3.91. The number of dihydropyridines is 1. The number of nitrogens with zero attached hydrogens (tertiary/aromatic N) is 3. The maximum Gasteiger partial charge on any atom is 0.151 e. The number of aliphatic imine (C=N–C) groups is 2. The molecule has 1 aromatic heterocycles. The van der Waals surface area contributed by atoms with E-state index in [9.17, 15) is 0 Å². The summed E-state index contributed by atoms with van der Waals surface area (Å²) in [7, 11) is 0. The molecule has 0 radical (unpaired) electrons. The summed E-state index contributed by atoms with van der Waals surface area (Å²) >= 11 is 1.64. The lowest BCUT2D eigenvalue weighted by Gasteiger charge is -2.40. The molecule has 31 heavy (non-hydrogen) atoms. The van der Waals surface area contributed by atoms with Crippen molar-refractivity contribution in [2.75, 3.05) is 26.4 Å². The lowest BCUT2D eigenvalue weighted by Crippen LogP contribution is -2.53. The average Bonchev–Trinajstić information content (AvgIpc) is 3.45. The molecule has 1 aromatic carbocycles. The first kappa shape index (κ1) is 19.7. The van der Waals surface area contributed by atoms with Crippen molar-refractivity contribution in [3.05, 3.63) is 88.5 Å². The number of allylic oxidation sites excluding steroid dienone is 3. The predicted octanol–water partition coefficient (Wildman–Crippen LogP) is 4.07. The third-order valence-electron chi connectivity index (χ3n) is 5.32. The second kappa shape index (κ2) is 8.86. The van der Waals surface area contributed by atoms with Crippen molar-refractivity contribution in [2.24, 2.45) is 9.98 Å². The van der Waals surface area contributed by atoms with Gasteiger partial charge in [-0.2, -0.15) is 11.3 Å². The Morgan fingerprint density at radius 3 is 2.97 bits per heavy atom. The molecule has 3 heterocycles. The highest BCUT2D eigenvalue weighted by Crippen LogP contribution is 2.40. The molecule has 5 nitrogen and oxygen atoms in total. The highest BCUT2D eigenvalue weighted by atomic mass is 32.1. The minimum atomic E-state index is -0.515. The number of hydrogen-bond acceptors (Lipinski definition) is 6. The molecule has 2 aliphatic heterocycles. The maximum absolute atomic E-state index is 6.18. The lowest BCUT2D eigenvalue weighted by atomic mass is 9.82. The summed E-state index contributed by atoms with van der Waals surface area (Å²) in [5, 5.41) is 4.06. The smallest absolute Gasteiger partial charge is 0.151 e. The largest absolute Gasteiger partial charge is 0.455 e. The van der Waals surface area contributed by atoms with E-state index < -0.39 is 5.54 Å². The summed E-state index contributed by atoms with van der Waals surface area (Å²) in [6.07, 6.45) is 9.91. The Balaban J connectivity index is 1.27. The zero-order valence-corrected chi connectivity index (χ0v) is 17.7. The molecule has 1 spiro atoms. The van der Waals surface area contributed by atoms with Gasteiger partial charge in [-0.05, 0) is 41.8 Å². The molecule has 0 saturated heterocycles. The molecule has 1 aliphatic carbocycles. The standard InChI is InChI=1S/C25H21N3O2S/c1-2-7-21(8-3-1)30-22-9-10-23-25(12-5-13-26-23)24(22)27-19-28(25)14-16-29-15-4-6-20-11-17-31-18-20/h1-3,5,7-13,17-18H,14-16,19H2. The SMILES string of the molecule is C(#Cc1ccsc1)COCCN1CN=C2C(Oc3ccccc3)=CC=C3N=CC=CC321. The number of ether oxygens (including phenoxy) is 2. The Morgan fingerprint density at radius 2 is 2.10 bits per heavy atom. The quantitative estimate of drug-likeness (QED) is 0.516. The fourth-order valence-corrected chi connectivity index (χ4v) is 4.47. The van der Waals surface area contributed by atoms with Crippen LogP contribution in [-0.4, -0.2) is 48.8 Å². The zero-order chi connectivity index (χ0) is 20.9. The Kier molecular flexibility index (Phi) is 5.63. The summed E-state index contributed by atoms with van der Waals surface area (Å²) in [6, 6.07) is 11.8. The summed E-state index contributed by atoms with van der Waals surface area (Å²) in [4.78, 5) is 11.7. The molecule has 0 fully saturated rings. The summed E-state index contributed by atoms with van der Waals surface area (Å²) in [5.74, 6) is 7.72. The van der Waals surface area contributed by atoms with E-state index in [0.29, 0.717) is 26.4 Å². The van der Waals surface area contributed by atoms with Gasteiger partial charge in [0.2, 0.25) is 0 Å². The Labute approximate surface area is 185 Å². The van der Waals surface area contributed by atoms with E-state index in [2.05, 4.69) is 27.8 Å². The van der Waals surface area contributed by atoms with E-state index in [0.717, 1.165) is 28.5 Å². The van der Waals surface area contributed by atoms with Gasteiger partial charge in [0.05, 0.1) is 19.0 Å². The van der Waals surface area contributed by atoms with Gasteiger partial charge in [-0.25, -0.2) is 0 Å². The van der Waals surface area contributed by atoms with Crippen LogP contribution in [0.25, 0.3) is 0 Å². The van der Waals surface area contributed by atoms with Crippen LogP contribution >= 0.6 is 11.3 Å². The van der Waals surface area contributed by atoms with Crippen LogP contribution in [0.5, 0.6) is 5.75 Å².